The first-order valence-corrected chi connectivity index (χ1v) is 6.84. The predicted octanol–water partition coefficient (Wildman–Crippen LogP) is 0.792. The van der Waals surface area contributed by atoms with Gasteiger partial charge in [-0.3, -0.25) is 9.59 Å². The smallest absolute Gasteiger partial charge is 0.224 e. The van der Waals surface area contributed by atoms with Crippen LogP contribution in [0, 0.1) is 5.92 Å². The van der Waals surface area contributed by atoms with Gasteiger partial charge in [0.15, 0.2) is 0 Å². The molecule has 0 fully saturated rings. The molecule has 0 bridgehead atoms. The number of amides is 2. The third-order valence-corrected chi connectivity index (χ3v) is 3.19. The second-order valence-corrected chi connectivity index (χ2v) is 4.95. The van der Waals surface area contributed by atoms with Gasteiger partial charge in [-0.25, -0.2) is 0 Å². The van der Waals surface area contributed by atoms with Crippen molar-refractivity contribution >= 4 is 11.8 Å². The van der Waals surface area contributed by atoms with Gasteiger partial charge >= 0.3 is 0 Å². The molecule has 2 atom stereocenters. The van der Waals surface area contributed by atoms with E-state index in [4.69, 9.17) is 5.73 Å². The zero-order valence-corrected chi connectivity index (χ0v) is 12.1. The fourth-order valence-electron chi connectivity index (χ4n) is 1.58. The lowest BCUT2D eigenvalue weighted by atomic mass is 10.0. The van der Waals surface area contributed by atoms with E-state index in [1.54, 1.807) is 13.8 Å². The van der Waals surface area contributed by atoms with Crippen LogP contribution in [0.2, 0.25) is 0 Å². The average molecular weight is 277 g/mol. The summed E-state index contributed by atoms with van der Waals surface area (Å²) in [6.45, 7) is 4.40. The molecule has 5 heteroatoms. The molecule has 0 heterocycles. The SMILES string of the molecule is CC(N)C(C)C(=O)NCCC(=O)NCc1ccccc1. The second-order valence-electron chi connectivity index (χ2n) is 4.95. The van der Waals surface area contributed by atoms with Crippen molar-refractivity contribution in [2.24, 2.45) is 11.7 Å². The number of hydrogen-bond donors (Lipinski definition) is 3. The van der Waals surface area contributed by atoms with Gasteiger partial charge in [0.2, 0.25) is 11.8 Å². The Balaban J connectivity index is 2.19. The van der Waals surface area contributed by atoms with Gasteiger partial charge < -0.3 is 16.4 Å². The Morgan fingerprint density at radius 2 is 1.80 bits per heavy atom. The lowest BCUT2D eigenvalue weighted by Crippen LogP contribution is -2.40. The van der Waals surface area contributed by atoms with Gasteiger partial charge in [0, 0.05) is 31.5 Å². The van der Waals surface area contributed by atoms with E-state index in [1.165, 1.54) is 0 Å². The lowest BCUT2D eigenvalue weighted by molar-refractivity contribution is -0.125. The number of carbonyl (C=O) groups is 2. The fraction of sp³-hybridized carbons (Fsp3) is 0.467. The third-order valence-electron chi connectivity index (χ3n) is 3.19. The van der Waals surface area contributed by atoms with E-state index in [9.17, 15) is 9.59 Å². The molecule has 1 rings (SSSR count). The maximum absolute atomic E-state index is 11.6. The quantitative estimate of drug-likeness (QED) is 0.689. The van der Waals surface area contributed by atoms with Gasteiger partial charge in [-0.2, -0.15) is 0 Å². The van der Waals surface area contributed by atoms with Crippen LogP contribution in [0.15, 0.2) is 30.3 Å². The first kappa shape index (κ1) is 16.2. The first-order chi connectivity index (χ1) is 9.50. The Morgan fingerprint density at radius 1 is 1.15 bits per heavy atom. The highest BCUT2D eigenvalue weighted by Gasteiger charge is 2.16. The van der Waals surface area contributed by atoms with E-state index in [-0.39, 0.29) is 30.2 Å². The number of nitrogens with two attached hydrogens (primary N) is 1. The zero-order valence-electron chi connectivity index (χ0n) is 12.1. The Labute approximate surface area is 119 Å². The highest BCUT2D eigenvalue weighted by molar-refractivity contribution is 5.80. The maximum atomic E-state index is 11.6. The van der Waals surface area contributed by atoms with E-state index in [0.29, 0.717) is 13.1 Å². The van der Waals surface area contributed by atoms with E-state index in [0.717, 1.165) is 5.56 Å². The minimum atomic E-state index is -0.248. The van der Waals surface area contributed by atoms with Gasteiger partial charge in [-0.1, -0.05) is 37.3 Å². The third kappa shape index (κ3) is 5.84. The van der Waals surface area contributed by atoms with Crippen LogP contribution in [0.25, 0.3) is 0 Å². The molecule has 0 aliphatic heterocycles. The zero-order chi connectivity index (χ0) is 15.0. The van der Waals surface area contributed by atoms with Gasteiger partial charge in [0.25, 0.3) is 0 Å². The molecule has 0 aliphatic carbocycles. The van der Waals surface area contributed by atoms with E-state index in [2.05, 4.69) is 10.6 Å². The van der Waals surface area contributed by atoms with Crippen molar-refractivity contribution in [2.75, 3.05) is 6.54 Å². The van der Waals surface area contributed by atoms with Crippen molar-refractivity contribution in [2.45, 2.75) is 32.9 Å². The molecule has 0 aromatic heterocycles. The normalized spacial score (nSPS) is 13.3. The summed E-state index contributed by atoms with van der Waals surface area (Å²) in [5, 5.41) is 5.52. The van der Waals surface area contributed by atoms with Crippen molar-refractivity contribution in [3.8, 4) is 0 Å². The molecule has 110 valence electrons. The van der Waals surface area contributed by atoms with E-state index >= 15 is 0 Å². The highest BCUT2D eigenvalue weighted by atomic mass is 16.2. The van der Waals surface area contributed by atoms with Crippen molar-refractivity contribution in [3.63, 3.8) is 0 Å². The Kier molecular flexibility index (Phi) is 6.73. The van der Waals surface area contributed by atoms with Gasteiger partial charge in [0.05, 0.1) is 0 Å². The second kappa shape index (κ2) is 8.32. The standard InChI is InChI=1S/C15H23N3O2/c1-11(12(2)16)15(20)17-9-8-14(19)18-10-13-6-4-3-5-7-13/h3-7,11-12H,8-10,16H2,1-2H3,(H,17,20)(H,18,19). The molecule has 0 aliphatic rings. The molecule has 0 saturated heterocycles. The lowest BCUT2D eigenvalue weighted by Gasteiger charge is -2.15. The van der Waals surface area contributed by atoms with Crippen LogP contribution in [0.3, 0.4) is 0 Å². The summed E-state index contributed by atoms with van der Waals surface area (Å²) < 4.78 is 0. The van der Waals surface area contributed by atoms with Crippen LogP contribution in [0.4, 0.5) is 0 Å². The van der Waals surface area contributed by atoms with Crippen LogP contribution in [0.1, 0.15) is 25.8 Å². The molecular weight excluding hydrogens is 254 g/mol. The van der Waals surface area contributed by atoms with Crippen LogP contribution in [0.5, 0.6) is 0 Å². The first-order valence-electron chi connectivity index (χ1n) is 6.84. The molecule has 1 aromatic rings. The topological polar surface area (TPSA) is 84.2 Å². The molecular formula is C15H23N3O2. The average Bonchev–Trinajstić information content (AvgIpc) is 2.45. The maximum Gasteiger partial charge on any atom is 0.224 e. The van der Waals surface area contributed by atoms with Crippen LogP contribution in [-0.2, 0) is 16.1 Å². The van der Waals surface area contributed by atoms with Gasteiger partial charge in [0.1, 0.15) is 0 Å². The number of rotatable bonds is 7. The molecule has 0 spiro atoms. The largest absolute Gasteiger partial charge is 0.355 e. The Morgan fingerprint density at radius 3 is 2.40 bits per heavy atom. The Hall–Kier alpha value is -1.88. The summed E-state index contributed by atoms with van der Waals surface area (Å²) in [5.74, 6) is -0.444. The molecule has 5 nitrogen and oxygen atoms in total. The van der Waals surface area contributed by atoms with Crippen molar-refractivity contribution in [1.29, 1.82) is 0 Å². The summed E-state index contributed by atoms with van der Waals surface area (Å²) in [6.07, 6.45) is 0.268. The monoisotopic (exact) mass is 277 g/mol. The number of carbonyl (C=O) groups excluding carboxylic acids is 2. The highest BCUT2D eigenvalue weighted by Crippen LogP contribution is 1.99. The molecule has 20 heavy (non-hydrogen) atoms. The summed E-state index contributed by atoms with van der Waals surface area (Å²) >= 11 is 0. The molecule has 2 unspecified atom stereocenters. The molecule has 1 aromatic carbocycles. The summed E-state index contributed by atoms with van der Waals surface area (Å²) in [4.78, 5) is 23.2. The molecule has 0 saturated carbocycles. The number of hydrogen-bond acceptors (Lipinski definition) is 3. The van der Waals surface area contributed by atoms with Gasteiger partial charge in [-0.05, 0) is 12.5 Å². The van der Waals surface area contributed by atoms with E-state index in [1.807, 2.05) is 30.3 Å². The van der Waals surface area contributed by atoms with E-state index < -0.39 is 0 Å². The molecule has 2 amide bonds. The van der Waals surface area contributed by atoms with Gasteiger partial charge in [-0.15, -0.1) is 0 Å². The molecule has 0 radical (unpaired) electrons. The molecule has 4 N–H and O–H groups in total. The summed E-state index contributed by atoms with van der Waals surface area (Å²) in [5.41, 5.74) is 6.69. The van der Waals surface area contributed by atoms with Crippen LogP contribution < -0.4 is 16.4 Å². The predicted molar refractivity (Wildman–Crippen MR) is 78.7 cm³/mol. The number of benzene rings is 1. The Bertz CT molecular complexity index is 432. The summed E-state index contributed by atoms with van der Waals surface area (Å²) in [6, 6.07) is 9.50. The van der Waals surface area contributed by atoms with Crippen molar-refractivity contribution < 1.29 is 9.59 Å². The summed E-state index contributed by atoms with van der Waals surface area (Å²) in [7, 11) is 0. The minimum Gasteiger partial charge on any atom is -0.355 e. The van der Waals surface area contributed by atoms with Crippen LogP contribution >= 0.6 is 0 Å². The van der Waals surface area contributed by atoms with Crippen molar-refractivity contribution in [1.82, 2.24) is 10.6 Å². The fourth-order valence-corrected chi connectivity index (χ4v) is 1.58. The van der Waals surface area contributed by atoms with Crippen LogP contribution in [-0.4, -0.2) is 24.4 Å². The number of nitrogens with one attached hydrogen (secondary N) is 2. The minimum absolute atomic E-state index is 0.0809. The van der Waals surface area contributed by atoms with Crippen molar-refractivity contribution in [3.05, 3.63) is 35.9 Å².